The molecule has 0 aromatic heterocycles. The predicted octanol–water partition coefficient (Wildman–Crippen LogP) is 3.14. The summed E-state index contributed by atoms with van der Waals surface area (Å²) in [6.45, 7) is 0.0512. The first-order valence-electron chi connectivity index (χ1n) is 9.29. The van der Waals surface area contributed by atoms with Gasteiger partial charge in [0.25, 0.3) is 5.91 Å². The van der Waals surface area contributed by atoms with Gasteiger partial charge in [-0.3, -0.25) is 9.59 Å². The van der Waals surface area contributed by atoms with E-state index in [0.717, 1.165) is 10.8 Å². The number of ether oxygens (including phenoxy) is 2. The van der Waals surface area contributed by atoms with Gasteiger partial charge in [0.05, 0.1) is 12.7 Å². The van der Waals surface area contributed by atoms with E-state index in [-0.39, 0.29) is 30.5 Å². The van der Waals surface area contributed by atoms with Crippen LogP contribution in [0.25, 0.3) is 10.8 Å². The third kappa shape index (κ3) is 5.01. The Morgan fingerprint density at radius 2 is 1.70 bits per heavy atom. The minimum atomic E-state index is -0.542. The molecular formula is C23H22N2O5. The molecule has 2 amide bonds. The fourth-order valence-electron chi connectivity index (χ4n) is 3.13. The van der Waals surface area contributed by atoms with Gasteiger partial charge < -0.3 is 20.1 Å². The van der Waals surface area contributed by atoms with Crippen molar-refractivity contribution in [1.29, 1.82) is 0 Å². The molecule has 0 heterocycles. The number of fused-ring (bicyclic) bond motifs is 1. The zero-order chi connectivity index (χ0) is 21.5. The zero-order valence-corrected chi connectivity index (χ0v) is 16.7. The van der Waals surface area contributed by atoms with Crippen molar-refractivity contribution in [1.82, 2.24) is 5.32 Å². The van der Waals surface area contributed by atoms with E-state index < -0.39 is 5.97 Å². The van der Waals surface area contributed by atoms with Gasteiger partial charge in [0, 0.05) is 24.9 Å². The number of carbonyl (C=O) groups is 3. The molecule has 3 aromatic carbocycles. The van der Waals surface area contributed by atoms with Crippen molar-refractivity contribution in [2.24, 2.45) is 0 Å². The second kappa shape index (κ2) is 9.67. The lowest BCUT2D eigenvalue weighted by Crippen LogP contribution is -2.23. The maximum Gasteiger partial charge on any atom is 0.337 e. The SMILES string of the molecule is COCC(=O)Nc1cc(CNC(=O)c2cccc3ccccc23)cc(C(=O)OC)c1. The van der Waals surface area contributed by atoms with Crippen LogP contribution in [-0.2, 0) is 20.8 Å². The molecule has 7 nitrogen and oxygen atoms in total. The van der Waals surface area contributed by atoms with Crippen molar-refractivity contribution in [3.05, 3.63) is 77.4 Å². The summed E-state index contributed by atoms with van der Waals surface area (Å²) in [7, 11) is 2.69. The lowest BCUT2D eigenvalue weighted by atomic mass is 10.0. The van der Waals surface area contributed by atoms with Crippen LogP contribution in [0.15, 0.2) is 60.7 Å². The fraction of sp³-hybridized carbons (Fsp3) is 0.174. The quantitative estimate of drug-likeness (QED) is 0.588. The van der Waals surface area contributed by atoms with Gasteiger partial charge in [0.2, 0.25) is 5.91 Å². The highest BCUT2D eigenvalue weighted by atomic mass is 16.5. The second-order valence-corrected chi connectivity index (χ2v) is 6.60. The molecule has 0 aliphatic rings. The van der Waals surface area contributed by atoms with Crippen molar-refractivity contribution in [3.63, 3.8) is 0 Å². The Morgan fingerprint density at radius 3 is 2.47 bits per heavy atom. The molecule has 0 aliphatic carbocycles. The fourth-order valence-corrected chi connectivity index (χ4v) is 3.13. The van der Waals surface area contributed by atoms with Gasteiger partial charge in [0.1, 0.15) is 6.61 Å². The van der Waals surface area contributed by atoms with Gasteiger partial charge in [-0.05, 0) is 40.6 Å². The first kappa shape index (κ1) is 21.0. The molecule has 154 valence electrons. The molecule has 0 radical (unpaired) electrons. The summed E-state index contributed by atoms with van der Waals surface area (Å²) < 4.78 is 9.59. The van der Waals surface area contributed by atoms with Crippen LogP contribution >= 0.6 is 0 Å². The Kier molecular flexibility index (Phi) is 6.77. The number of esters is 1. The Balaban J connectivity index is 1.81. The molecular weight excluding hydrogens is 384 g/mol. The number of benzene rings is 3. The van der Waals surface area contributed by atoms with Crippen LogP contribution in [0.5, 0.6) is 0 Å². The van der Waals surface area contributed by atoms with Crippen LogP contribution in [0.4, 0.5) is 5.69 Å². The number of hydrogen-bond donors (Lipinski definition) is 2. The number of amides is 2. The first-order chi connectivity index (χ1) is 14.5. The number of carbonyl (C=O) groups excluding carboxylic acids is 3. The number of rotatable bonds is 7. The van der Waals surface area contributed by atoms with Crippen LogP contribution in [0.1, 0.15) is 26.3 Å². The molecule has 3 aromatic rings. The summed E-state index contributed by atoms with van der Waals surface area (Å²) in [4.78, 5) is 36.6. The molecule has 2 N–H and O–H groups in total. The van der Waals surface area contributed by atoms with Gasteiger partial charge in [-0.15, -0.1) is 0 Å². The minimum Gasteiger partial charge on any atom is -0.465 e. The van der Waals surface area contributed by atoms with Crippen LogP contribution in [0, 0.1) is 0 Å². The number of nitrogens with one attached hydrogen (secondary N) is 2. The van der Waals surface area contributed by atoms with Crippen molar-refractivity contribution in [2.45, 2.75) is 6.54 Å². The van der Waals surface area contributed by atoms with Crippen LogP contribution in [0.2, 0.25) is 0 Å². The van der Waals surface area contributed by atoms with E-state index in [4.69, 9.17) is 9.47 Å². The molecule has 0 atom stereocenters. The highest BCUT2D eigenvalue weighted by molar-refractivity contribution is 6.07. The Bertz CT molecular complexity index is 1090. The third-order valence-electron chi connectivity index (χ3n) is 4.46. The largest absolute Gasteiger partial charge is 0.465 e. The average molecular weight is 406 g/mol. The van der Waals surface area contributed by atoms with Gasteiger partial charge in [-0.2, -0.15) is 0 Å². The molecule has 0 fully saturated rings. The molecule has 0 saturated heterocycles. The summed E-state index contributed by atoms with van der Waals surface area (Å²) >= 11 is 0. The van der Waals surface area contributed by atoms with Crippen molar-refractivity contribution >= 4 is 34.2 Å². The topological polar surface area (TPSA) is 93.7 Å². The maximum absolute atomic E-state index is 12.8. The van der Waals surface area contributed by atoms with Gasteiger partial charge in [0.15, 0.2) is 0 Å². The van der Waals surface area contributed by atoms with E-state index in [1.807, 2.05) is 36.4 Å². The molecule has 0 bridgehead atoms. The molecule has 0 aliphatic heterocycles. The third-order valence-corrected chi connectivity index (χ3v) is 4.46. The summed E-state index contributed by atoms with van der Waals surface area (Å²) in [6.07, 6.45) is 0. The van der Waals surface area contributed by atoms with Crippen LogP contribution in [-0.4, -0.2) is 38.6 Å². The molecule has 7 heteroatoms. The summed E-state index contributed by atoms with van der Waals surface area (Å²) in [5.41, 5.74) is 1.88. The smallest absolute Gasteiger partial charge is 0.337 e. The number of anilines is 1. The standard InChI is InChI=1S/C23H22N2O5/c1-29-14-21(26)25-18-11-15(10-17(12-18)23(28)30-2)13-24-22(27)20-9-5-7-16-6-3-4-8-19(16)20/h3-12H,13-14H2,1-2H3,(H,24,27)(H,25,26). The van der Waals surface area contributed by atoms with Crippen molar-refractivity contribution < 1.29 is 23.9 Å². The van der Waals surface area contributed by atoms with Crippen molar-refractivity contribution in [2.75, 3.05) is 26.1 Å². The van der Waals surface area contributed by atoms with Crippen LogP contribution in [0.3, 0.4) is 0 Å². The van der Waals surface area contributed by atoms with Gasteiger partial charge in [-0.25, -0.2) is 4.79 Å². The highest BCUT2D eigenvalue weighted by Crippen LogP contribution is 2.19. The predicted molar refractivity (Wildman–Crippen MR) is 113 cm³/mol. The average Bonchev–Trinajstić information content (AvgIpc) is 2.76. The van der Waals surface area contributed by atoms with Crippen LogP contribution < -0.4 is 10.6 Å². The van der Waals surface area contributed by atoms with E-state index >= 15 is 0 Å². The van der Waals surface area contributed by atoms with E-state index in [1.54, 1.807) is 18.2 Å². The van der Waals surface area contributed by atoms with E-state index in [1.165, 1.54) is 20.3 Å². The Labute approximate surface area is 174 Å². The van der Waals surface area contributed by atoms with Gasteiger partial charge in [-0.1, -0.05) is 36.4 Å². The molecule has 0 unspecified atom stereocenters. The normalized spacial score (nSPS) is 10.5. The summed E-state index contributed by atoms with van der Waals surface area (Å²) in [6, 6.07) is 18.0. The second-order valence-electron chi connectivity index (χ2n) is 6.60. The zero-order valence-electron chi connectivity index (χ0n) is 16.7. The first-order valence-corrected chi connectivity index (χ1v) is 9.29. The molecule has 30 heavy (non-hydrogen) atoms. The Hall–Kier alpha value is -3.71. The lowest BCUT2D eigenvalue weighted by Gasteiger charge is -2.12. The lowest BCUT2D eigenvalue weighted by molar-refractivity contribution is -0.119. The maximum atomic E-state index is 12.8. The highest BCUT2D eigenvalue weighted by Gasteiger charge is 2.13. The van der Waals surface area contributed by atoms with Crippen molar-refractivity contribution in [3.8, 4) is 0 Å². The minimum absolute atomic E-state index is 0.115. The van der Waals surface area contributed by atoms with Gasteiger partial charge >= 0.3 is 5.97 Å². The summed E-state index contributed by atoms with van der Waals surface area (Å²) in [5.74, 6) is -1.13. The van der Waals surface area contributed by atoms with E-state index in [0.29, 0.717) is 16.8 Å². The number of methoxy groups -OCH3 is 2. The molecule has 0 spiro atoms. The molecule has 0 saturated carbocycles. The Morgan fingerprint density at radius 1 is 0.933 bits per heavy atom. The van der Waals surface area contributed by atoms with E-state index in [9.17, 15) is 14.4 Å². The van der Waals surface area contributed by atoms with E-state index in [2.05, 4.69) is 10.6 Å². The molecule has 3 rings (SSSR count). The monoisotopic (exact) mass is 406 g/mol. The summed E-state index contributed by atoms with van der Waals surface area (Å²) in [5, 5.41) is 7.36. The number of hydrogen-bond acceptors (Lipinski definition) is 5.